The predicted molar refractivity (Wildman–Crippen MR) is 57.8 cm³/mol. The third-order valence-electron chi connectivity index (χ3n) is 3.25. The van der Waals surface area contributed by atoms with Gasteiger partial charge in [0, 0.05) is 19.6 Å². The van der Waals surface area contributed by atoms with Crippen molar-refractivity contribution in [3.05, 3.63) is 0 Å². The Morgan fingerprint density at radius 2 is 1.87 bits per heavy atom. The maximum Gasteiger partial charge on any atom is 0.320 e. The van der Waals surface area contributed by atoms with E-state index in [-0.39, 0.29) is 11.6 Å². The van der Waals surface area contributed by atoms with Gasteiger partial charge in [0.15, 0.2) is 0 Å². The highest BCUT2D eigenvalue weighted by Crippen LogP contribution is 2.22. The maximum absolute atomic E-state index is 12.2. The number of morpholine rings is 1. The van der Waals surface area contributed by atoms with Crippen molar-refractivity contribution in [2.45, 2.75) is 32.2 Å². The Hall–Kier alpha value is -0.770. The lowest BCUT2D eigenvalue weighted by Gasteiger charge is -2.43. The van der Waals surface area contributed by atoms with Gasteiger partial charge in [-0.2, -0.15) is 0 Å². The van der Waals surface area contributed by atoms with Gasteiger partial charge in [-0.15, -0.1) is 0 Å². The van der Waals surface area contributed by atoms with Gasteiger partial charge in [-0.25, -0.2) is 4.79 Å². The number of rotatable bonds is 0. The molecule has 0 spiro atoms. The largest absolute Gasteiger partial charge is 0.377 e. The molecule has 15 heavy (non-hydrogen) atoms. The second-order valence-corrected chi connectivity index (χ2v) is 4.99. The van der Waals surface area contributed by atoms with Gasteiger partial charge in [-0.05, 0) is 26.7 Å². The molecule has 0 saturated carbocycles. The Morgan fingerprint density at radius 3 is 2.47 bits per heavy atom. The van der Waals surface area contributed by atoms with Gasteiger partial charge in [0.05, 0.1) is 18.8 Å². The van der Waals surface area contributed by atoms with Crippen LogP contribution in [-0.4, -0.2) is 54.2 Å². The molecule has 2 saturated heterocycles. The number of amides is 2. The fourth-order valence-electron chi connectivity index (χ4n) is 2.29. The summed E-state index contributed by atoms with van der Waals surface area (Å²) in [7, 11) is 0. The van der Waals surface area contributed by atoms with Crippen LogP contribution in [0.3, 0.4) is 0 Å². The Kier molecular flexibility index (Phi) is 2.87. The first kappa shape index (κ1) is 10.7. The van der Waals surface area contributed by atoms with Crippen molar-refractivity contribution in [3.63, 3.8) is 0 Å². The molecule has 0 N–H and O–H groups in total. The summed E-state index contributed by atoms with van der Waals surface area (Å²) in [6.45, 7) is 8.02. The zero-order chi connectivity index (χ0) is 10.9. The summed E-state index contributed by atoms with van der Waals surface area (Å²) in [5.41, 5.74) is -0.155. The van der Waals surface area contributed by atoms with Crippen LogP contribution in [0.25, 0.3) is 0 Å². The van der Waals surface area contributed by atoms with E-state index < -0.39 is 0 Å². The number of carbonyl (C=O) groups is 1. The van der Waals surface area contributed by atoms with Crippen molar-refractivity contribution in [3.8, 4) is 0 Å². The first-order valence-corrected chi connectivity index (χ1v) is 5.75. The van der Waals surface area contributed by atoms with E-state index in [1.54, 1.807) is 0 Å². The van der Waals surface area contributed by atoms with E-state index in [0.29, 0.717) is 13.2 Å². The molecule has 0 atom stereocenters. The van der Waals surface area contributed by atoms with E-state index in [1.807, 2.05) is 9.80 Å². The zero-order valence-corrected chi connectivity index (χ0v) is 9.66. The number of likely N-dealkylation sites (tertiary alicyclic amines) is 1. The Bertz CT molecular complexity index is 247. The summed E-state index contributed by atoms with van der Waals surface area (Å²) in [6, 6.07) is 0.195. The van der Waals surface area contributed by atoms with Gasteiger partial charge in [-0.1, -0.05) is 0 Å². The number of nitrogens with zero attached hydrogens (tertiary/aromatic N) is 2. The summed E-state index contributed by atoms with van der Waals surface area (Å²) >= 11 is 0. The lowest BCUT2D eigenvalue weighted by molar-refractivity contribution is -0.0339. The molecule has 0 bridgehead atoms. The van der Waals surface area contributed by atoms with Crippen LogP contribution < -0.4 is 0 Å². The van der Waals surface area contributed by atoms with E-state index in [4.69, 9.17) is 4.74 Å². The molecule has 2 heterocycles. The minimum atomic E-state index is -0.155. The fraction of sp³-hybridized carbons (Fsp3) is 0.909. The highest BCUT2D eigenvalue weighted by atomic mass is 16.5. The van der Waals surface area contributed by atoms with Crippen LogP contribution in [-0.2, 0) is 4.74 Å². The molecule has 0 aromatic rings. The van der Waals surface area contributed by atoms with Gasteiger partial charge in [0.25, 0.3) is 0 Å². The maximum atomic E-state index is 12.2. The molecule has 4 nitrogen and oxygen atoms in total. The van der Waals surface area contributed by atoms with Crippen molar-refractivity contribution >= 4 is 6.03 Å². The van der Waals surface area contributed by atoms with Gasteiger partial charge in [0.1, 0.15) is 0 Å². The summed E-state index contributed by atoms with van der Waals surface area (Å²) in [5.74, 6) is 0. The van der Waals surface area contributed by atoms with Crippen LogP contribution in [0, 0.1) is 0 Å². The molecule has 0 unspecified atom stereocenters. The number of hydrogen-bond donors (Lipinski definition) is 0. The van der Waals surface area contributed by atoms with Crippen molar-refractivity contribution in [1.29, 1.82) is 0 Å². The number of carbonyl (C=O) groups excluding carboxylic acids is 1. The third-order valence-corrected chi connectivity index (χ3v) is 3.25. The van der Waals surface area contributed by atoms with E-state index in [2.05, 4.69) is 13.8 Å². The topological polar surface area (TPSA) is 32.8 Å². The average molecular weight is 212 g/mol. The molecule has 0 aromatic carbocycles. The van der Waals surface area contributed by atoms with Crippen LogP contribution in [0.4, 0.5) is 4.79 Å². The lowest BCUT2D eigenvalue weighted by Crippen LogP contribution is -2.58. The minimum absolute atomic E-state index is 0.155. The second-order valence-electron chi connectivity index (χ2n) is 4.99. The molecule has 2 aliphatic rings. The number of urea groups is 1. The number of ether oxygens (including phenoxy) is 1. The van der Waals surface area contributed by atoms with Crippen LogP contribution >= 0.6 is 0 Å². The van der Waals surface area contributed by atoms with Crippen molar-refractivity contribution in [2.75, 3.05) is 32.8 Å². The van der Waals surface area contributed by atoms with Crippen molar-refractivity contribution in [2.24, 2.45) is 0 Å². The van der Waals surface area contributed by atoms with Crippen molar-refractivity contribution in [1.82, 2.24) is 9.80 Å². The van der Waals surface area contributed by atoms with E-state index >= 15 is 0 Å². The van der Waals surface area contributed by atoms with E-state index in [0.717, 1.165) is 32.5 Å². The molecule has 0 radical (unpaired) electrons. The molecule has 86 valence electrons. The number of hydrogen-bond acceptors (Lipinski definition) is 2. The van der Waals surface area contributed by atoms with Crippen LogP contribution in [0.1, 0.15) is 26.7 Å². The predicted octanol–water partition coefficient (Wildman–Crippen LogP) is 1.31. The lowest BCUT2D eigenvalue weighted by atomic mass is 10.0. The van der Waals surface area contributed by atoms with E-state index in [1.165, 1.54) is 0 Å². The fourth-order valence-corrected chi connectivity index (χ4v) is 2.29. The van der Waals surface area contributed by atoms with Crippen LogP contribution in [0.15, 0.2) is 0 Å². The molecular formula is C11H20N2O2. The smallest absolute Gasteiger partial charge is 0.320 e. The molecule has 2 rings (SSSR count). The monoisotopic (exact) mass is 212 g/mol. The third kappa shape index (κ3) is 2.09. The molecule has 4 heteroatoms. The Labute approximate surface area is 91.2 Å². The van der Waals surface area contributed by atoms with Gasteiger partial charge in [-0.3, -0.25) is 0 Å². The molecule has 2 amide bonds. The minimum Gasteiger partial charge on any atom is -0.377 e. The van der Waals surface area contributed by atoms with Gasteiger partial charge in [0.2, 0.25) is 0 Å². The summed E-state index contributed by atoms with van der Waals surface area (Å²) in [4.78, 5) is 16.1. The Balaban J connectivity index is 2.04. The molecule has 2 fully saturated rings. The normalized spacial score (nSPS) is 25.7. The highest BCUT2D eigenvalue weighted by molar-refractivity contribution is 5.75. The first-order chi connectivity index (χ1) is 7.11. The highest BCUT2D eigenvalue weighted by Gasteiger charge is 2.36. The van der Waals surface area contributed by atoms with Gasteiger partial charge >= 0.3 is 6.03 Å². The molecule has 0 aromatic heterocycles. The molecule has 0 aliphatic carbocycles. The summed E-state index contributed by atoms with van der Waals surface area (Å²) < 4.78 is 5.42. The van der Waals surface area contributed by atoms with Gasteiger partial charge < -0.3 is 14.5 Å². The molecule has 2 aliphatic heterocycles. The standard InChI is InChI=1S/C11H20N2O2/c1-11(2)9-15-8-7-13(11)10(14)12-5-3-4-6-12/h3-9H2,1-2H3. The summed E-state index contributed by atoms with van der Waals surface area (Å²) in [6.07, 6.45) is 2.30. The van der Waals surface area contributed by atoms with Crippen LogP contribution in [0.2, 0.25) is 0 Å². The molecular weight excluding hydrogens is 192 g/mol. The second kappa shape index (κ2) is 4.00. The zero-order valence-electron chi connectivity index (χ0n) is 9.66. The van der Waals surface area contributed by atoms with E-state index in [9.17, 15) is 4.79 Å². The average Bonchev–Trinajstić information content (AvgIpc) is 2.69. The summed E-state index contributed by atoms with van der Waals surface area (Å²) in [5, 5.41) is 0. The quantitative estimate of drug-likeness (QED) is 0.606. The first-order valence-electron chi connectivity index (χ1n) is 5.75. The SMILES string of the molecule is CC1(C)COCCN1C(=O)N1CCCC1. The van der Waals surface area contributed by atoms with Crippen molar-refractivity contribution < 1.29 is 9.53 Å². The Morgan fingerprint density at radius 1 is 1.20 bits per heavy atom. The van der Waals surface area contributed by atoms with Crippen LogP contribution in [0.5, 0.6) is 0 Å².